The van der Waals surface area contributed by atoms with E-state index in [1.165, 1.54) is 4.90 Å². The Bertz CT molecular complexity index is 258. The molecule has 0 aliphatic carbocycles. The van der Waals surface area contributed by atoms with Crippen molar-refractivity contribution in [1.82, 2.24) is 10.3 Å². The van der Waals surface area contributed by atoms with E-state index in [0.717, 1.165) is 0 Å². The van der Waals surface area contributed by atoms with E-state index in [1.807, 2.05) is 0 Å². The smallest absolute Gasteiger partial charge is 0.323 e. The number of nitrogens with two attached hydrogens (primary N) is 1. The van der Waals surface area contributed by atoms with Crippen molar-refractivity contribution < 1.29 is 19.4 Å². The quantitative estimate of drug-likeness (QED) is 0.196. The Balaban J connectivity index is 2.61. The predicted molar refractivity (Wildman–Crippen MR) is 50.3 cm³/mol. The van der Waals surface area contributed by atoms with Crippen molar-refractivity contribution in [3.8, 4) is 0 Å². The van der Waals surface area contributed by atoms with Crippen LogP contribution in [-0.2, 0) is 14.3 Å². The van der Waals surface area contributed by atoms with E-state index in [-0.39, 0.29) is 19.3 Å². The Morgan fingerprint density at radius 3 is 2.80 bits per heavy atom. The van der Waals surface area contributed by atoms with E-state index >= 15 is 0 Å². The molecule has 2 amide bonds. The Morgan fingerprint density at radius 1 is 1.60 bits per heavy atom. The Morgan fingerprint density at radius 2 is 2.27 bits per heavy atom. The molecule has 1 saturated heterocycles. The summed E-state index contributed by atoms with van der Waals surface area (Å²) in [5.74, 6) is 3.29. The summed E-state index contributed by atoms with van der Waals surface area (Å²) in [4.78, 5) is 23.7. The fourth-order valence-corrected chi connectivity index (χ4v) is 1.52. The SMILES string of the molecule is CC1CN(C(=O)C(=O)NN)CC(CO)O1. The van der Waals surface area contributed by atoms with E-state index in [4.69, 9.17) is 15.7 Å². The number of hydrogen-bond acceptors (Lipinski definition) is 5. The third-order valence-corrected chi connectivity index (χ3v) is 2.14. The number of rotatable bonds is 1. The maximum absolute atomic E-state index is 11.4. The molecule has 0 saturated carbocycles. The number of carbonyl (C=O) groups excluding carboxylic acids is 2. The Kier molecular flexibility index (Phi) is 4.01. The second-order valence-corrected chi connectivity index (χ2v) is 3.43. The van der Waals surface area contributed by atoms with Gasteiger partial charge in [-0.2, -0.15) is 0 Å². The Labute approximate surface area is 87.1 Å². The van der Waals surface area contributed by atoms with Crippen molar-refractivity contribution in [3.63, 3.8) is 0 Å². The van der Waals surface area contributed by atoms with Gasteiger partial charge in [0.05, 0.1) is 18.8 Å². The van der Waals surface area contributed by atoms with Crippen LogP contribution in [0.25, 0.3) is 0 Å². The minimum atomic E-state index is -0.860. The lowest BCUT2D eigenvalue weighted by atomic mass is 10.2. The van der Waals surface area contributed by atoms with Crippen LogP contribution in [0.3, 0.4) is 0 Å². The van der Waals surface area contributed by atoms with Crippen LogP contribution in [0.5, 0.6) is 0 Å². The van der Waals surface area contributed by atoms with Crippen molar-refractivity contribution in [2.24, 2.45) is 5.84 Å². The molecule has 0 spiro atoms. The molecule has 2 atom stereocenters. The molecule has 7 nitrogen and oxygen atoms in total. The number of hydrogen-bond donors (Lipinski definition) is 3. The number of morpholine rings is 1. The third-order valence-electron chi connectivity index (χ3n) is 2.14. The standard InChI is InChI=1S/C8H15N3O4/c1-5-2-11(3-6(4-12)15-5)8(14)7(13)10-9/h5-6,12H,2-4,9H2,1H3,(H,10,13). The van der Waals surface area contributed by atoms with Gasteiger partial charge in [-0.15, -0.1) is 0 Å². The topological polar surface area (TPSA) is 105 Å². The van der Waals surface area contributed by atoms with Gasteiger partial charge < -0.3 is 14.7 Å². The zero-order valence-electron chi connectivity index (χ0n) is 8.47. The zero-order chi connectivity index (χ0) is 11.4. The second kappa shape index (κ2) is 5.06. The molecule has 86 valence electrons. The number of aliphatic hydroxyl groups excluding tert-OH is 1. The second-order valence-electron chi connectivity index (χ2n) is 3.43. The fourth-order valence-electron chi connectivity index (χ4n) is 1.52. The van der Waals surface area contributed by atoms with Crippen molar-refractivity contribution in [3.05, 3.63) is 0 Å². The number of aliphatic hydroxyl groups is 1. The van der Waals surface area contributed by atoms with Crippen LogP contribution in [0.2, 0.25) is 0 Å². The van der Waals surface area contributed by atoms with Gasteiger partial charge in [0.15, 0.2) is 0 Å². The molecule has 0 aromatic rings. The van der Waals surface area contributed by atoms with Crippen molar-refractivity contribution in [2.45, 2.75) is 19.1 Å². The zero-order valence-corrected chi connectivity index (χ0v) is 8.47. The highest BCUT2D eigenvalue weighted by Gasteiger charge is 2.30. The average Bonchev–Trinajstić information content (AvgIpc) is 2.26. The maximum Gasteiger partial charge on any atom is 0.323 e. The summed E-state index contributed by atoms with van der Waals surface area (Å²) in [5.41, 5.74) is 1.78. The lowest BCUT2D eigenvalue weighted by Crippen LogP contribution is -2.54. The first-order valence-electron chi connectivity index (χ1n) is 4.64. The first-order valence-corrected chi connectivity index (χ1v) is 4.64. The number of nitrogens with one attached hydrogen (secondary N) is 1. The first-order chi connectivity index (χ1) is 7.08. The first kappa shape index (κ1) is 11.9. The van der Waals surface area contributed by atoms with Gasteiger partial charge in [0.25, 0.3) is 0 Å². The molecule has 0 radical (unpaired) electrons. The lowest BCUT2D eigenvalue weighted by molar-refractivity contribution is -0.155. The van der Waals surface area contributed by atoms with E-state index in [0.29, 0.717) is 6.54 Å². The molecule has 0 aromatic heterocycles. The van der Waals surface area contributed by atoms with Gasteiger partial charge in [0.2, 0.25) is 0 Å². The number of ether oxygens (including phenoxy) is 1. The van der Waals surface area contributed by atoms with Crippen LogP contribution in [0.1, 0.15) is 6.92 Å². The average molecular weight is 217 g/mol. The molecule has 4 N–H and O–H groups in total. The lowest BCUT2D eigenvalue weighted by Gasteiger charge is -2.35. The molecule has 7 heteroatoms. The van der Waals surface area contributed by atoms with Crippen LogP contribution in [0.15, 0.2) is 0 Å². The number of hydrazine groups is 1. The van der Waals surface area contributed by atoms with Gasteiger partial charge >= 0.3 is 11.8 Å². The van der Waals surface area contributed by atoms with Crippen molar-refractivity contribution in [1.29, 1.82) is 0 Å². The number of amides is 2. The van der Waals surface area contributed by atoms with Gasteiger partial charge in [-0.1, -0.05) is 0 Å². The minimum Gasteiger partial charge on any atom is -0.394 e. The maximum atomic E-state index is 11.4. The summed E-state index contributed by atoms with van der Waals surface area (Å²) >= 11 is 0. The molecule has 1 aliphatic rings. The molecule has 2 unspecified atom stereocenters. The molecular weight excluding hydrogens is 202 g/mol. The minimum absolute atomic E-state index is 0.182. The van der Waals surface area contributed by atoms with Gasteiger partial charge in [0.1, 0.15) is 0 Å². The fraction of sp³-hybridized carbons (Fsp3) is 0.750. The molecule has 1 fully saturated rings. The molecule has 1 heterocycles. The summed E-state index contributed by atoms with van der Waals surface area (Å²) in [6.45, 7) is 2.11. The number of nitrogens with zero attached hydrogens (tertiary/aromatic N) is 1. The molecule has 15 heavy (non-hydrogen) atoms. The molecule has 1 rings (SSSR count). The van der Waals surface area contributed by atoms with Gasteiger partial charge in [-0.3, -0.25) is 15.0 Å². The van der Waals surface area contributed by atoms with Crippen LogP contribution in [-0.4, -0.2) is 53.7 Å². The highest BCUT2D eigenvalue weighted by molar-refractivity contribution is 6.34. The van der Waals surface area contributed by atoms with Crippen LogP contribution in [0, 0.1) is 0 Å². The normalized spacial score (nSPS) is 26.2. The monoisotopic (exact) mass is 217 g/mol. The van der Waals surface area contributed by atoms with Gasteiger partial charge in [-0.05, 0) is 6.92 Å². The van der Waals surface area contributed by atoms with Crippen molar-refractivity contribution in [2.75, 3.05) is 19.7 Å². The predicted octanol–water partition coefficient (Wildman–Crippen LogP) is -2.42. The molecule has 0 bridgehead atoms. The van der Waals surface area contributed by atoms with E-state index in [2.05, 4.69) is 0 Å². The highest BCUT2D eigenvalue weighted by Crippen LogP contribution is 2.10. The summed E-state index contributed by atoms with van der Waals surface area (Å²) in [6, 6.07) is 0. The van der Waals surface area contributed by atoms with Gasteiger partial charge in [0, 0.05) is 13.1 Å². The largest absolute Gasteiger partial charge is 0.394 e. The van der Waals surface area contributed by atoms with Crippen LogP contribution in [0.4, 0.5) is 0 Å². The van der Waals surface area contributed by atoms with E-state index < -0.39 is 17.9 Å². The molecule has 0 aromatic carbocycles. The summed E-state index contributed by atoms with van der Waals surface area (Å²) in [7, 11) is 0. The highest BCUT2D eigenvalue weighted by atomic mass is 16.5. The summed E-state index contributed by atoms with van der Waals surface area (Å²) < 4.78 is 5.32. The molecule has 1 aliphatic heterocycles. The summed E-state index contributed by atoms with van der Waals surface area (Å²) in [6.07, 6.45) is -0.645. The van der Waals surface area contributed by atoms with Crippen LogP contribution < -0.4 is 11.3 Å². The Hall–Kier alpha value is -1.18. The number of carbonyl (C=O) groups is 2. The summed E-state index contributed by atoms with van der Waals surface area (Å²) in [5, 5.41) is 8.92. The van der Waals surface area contributed by atoms with E-state index in [1.54, 1.807) is 12.3 Å². The molecular formula is C8H15N3O4. The van der Waals surface area contributed by atoms with Crippen molar-refractivity contribution >= 4 is 11.8 Å². The van der Waals surface area contributed by atoms with Gasteiger partial charge in [-0.25, -0.2) is 5.84 Å². The van der Waals surface area contributed by atoms with Crippen LogP contribution >= 0.6 is 0 Å². The third kappa shape index (κ3) is 2.88. The van der Waals surface area contributed by atoms with E-state index in [9.17, 15) is 9.59 Å².